The van der Waals surface area contributed by atoms with Crippen LogP contribution in [0.1, 0.15) is 25.3 Å². The molecule has 1 aliphatic heterocycles. The number of nitrogens with zero attached hydrogens (tertiary/aromatic N) is 2. The average Bonchev–Trinajstić information content (AvgIpc) is 2.74. The Morgan fingerprint density at radius 3 is 3.00 bits per heavy atom. The topological polar surface area (TPSA) is 58.4 Å². The highest BCUT2D eigenvalue weighted by atomic mass is 32.2. The molecule has 0 aromatic heterocycles. The molecule has 0 saturated carbocycles. The SMILES string of the molecule is CCCNc1c(CN2CCCSCC2)cccc1[N+](=O)[O-]. The summed E-state index contributed by atoms with van der Waals surface area (Å²) in [5, 5.41) is 14.5. The lowest BCUT2D eigenvalue weighted by atomic mass is 10.1. The van der Waals surface area contributed by atoms with Crippen LogP contribution in [0.3, 0.4) is 0 Å². The number of benzene rings is 1. The molecular weight excluding hydrogens is 286 g/mol. The average molecular weight is 309 g/mol. The van der Waals surface area contributed by atoms with Crippen molar-refractivity contribution in [2.24, 2.45) is 0 Å². The second-order valence-electron chi connectivity index (χ2n) is 5.24. The first-order valence-corrected chi connectivity index (χ1v) is 8.68. The molecule has 1 saturated heterocycles. The molecule has 0 amide bonds. The van der Waals surface area contributed by atoms with Crippen molar-refractivity contribution in [3.63, 3.8) is 0 Å². The fraction of sp³-hybridized carbons (Fsp3) is 0.600. The van der Waals surface area contributed by atoms with E-state index >= 15 is 0 Å². The van der Waals surface area contributed by atoms with Crippen LogP contribution in [0.4, 0.5) is 11.4 Å². The minimum absolute atomic E-state index is 0.185. The molecule has 1 fully saturated rings. The van der Waals surface area contributed by atoms with Gasteiger partial charge in [-0.15, -0.1) is 0 Å². The molecule has 0 radical (unpaired) electrons. The van der Waals surface area contributed by atoms with Crippen LogP contribution in [-0.4, -0.2) is 41.0 Å². The molecule has 21 heavy (non-hydrogen) atoms. The maximum Gasteiger partial charge on any atom is 0.292 e. The number of hydrogen-bond acceptors (Lipinski definition) is 5. The summed E-state index contributed by atoms with van der Waals surface area (Å²) in [5.41, 5.74) is 1.91. The highest BCUT2D eigenvalue weighted by Gasteiger charge is 2.19. The van der Waals surface area contributed by atoms with Gasteiger partial charge in [0.25, 0.3) is 5.69 Å². The normalized spacial score (nSPS) is 16.4. The van der Waals surface area contributed by atoms with Crippen LogP contribution in [0, 0.1) is 10.1 Å². The van der Waals surface area contributed by atoms with Gasteiger partial charge in [0.05, 0.1) is 4.92 Å². The van der Waals surface area contributed by atoms with E-state index in [-0.39, 0.29) is 10.6 Å². The maximum absolute atomic E-state index is 11.2. The Bertz CT molecular complexity index is 474. The minimum atomic E-state index is -0.292. The van der Waals surface area contributed by atoms with Crippen molar-refractivity contribution in [2.75, 3.05) is 36.5 Å². The van der Waals surface area contributed by atoms with E-state index in [0.29, 0.717) is 5.69 Å². The van der Waals surface area contributed by atoms with Crippen LogP contribution in [0.2, 0.25) is 0 Å². The van der Waals surface area contributed by atoms with Crippen LogP contribution < -0.4 is 5.32 Å². The molecule has 5 nitrogen and oxygen atoms in total. The summed E-state index contributed by atoms with van der Waals surface area (Å²) in [6.45, 7) is 5.74. The van der Waals surface area contributed by atoms with Crippen LogP contribution in [-0.2, 0) is 6.54 Å². The van der Waals surface area contributed by atoms with Gasteiger partial charge in [-0.2, -0.15) is 11.8 Å². The quantitative estimate of drug-likeness (QED) is 0.645. The molecule has 1 aromatic carbocycles. The van der Waals surface area contributed by atoms with Crippen LogP contribution in [0.5, 0.6) is 0 Å². The molecule has 116 valence electrons. The zero-order chi connectivity index (χ0) is 15.1. The van der Waals surface area contributed by atoms with E-state index in [1.165, 1.54) is 12.2 Å². The number of nitrogens with one attached hydrogen (secondary N) is 1. The molecule has 0 bridgehead atoms. The molecule has 1 N–H and O–H groups in total. The van der Waals surface area contributed by atoms with Crippen molar-refractivity contribution in [1.29, 1.82) is 0 Å². The van der Waals surface area contributed by atoms with Crippen LogP contribution in [0.15, 0.2) is 18.2 Å². The molecule has 1 heterocycles. The Morgan fingerprint density at radius 1 is 1.38 bits per heavy atom. The van der Waals surface area contributed by atoms with Gasteiger partial charge in [0.15, 0.2) is 0 Å². The molecule has 0 unspecified atom stereocenters. The predicted molar refractivity (Wildman–Crippen MR) is 89.1 cm³/mol. The molecule has 1 aliphatic rings. The van der Waals surface area contributed by atoms with E-state index in [9.17, 15) is 10.1 Å². The van der Waals surface area contributed by atoms with Gasteiger partial charge in [-0.25, -0.2) is 0 Å². The Kier molecular flexibility index (Phi) is 6.32. The number of rotatable bonds is 6. The third-order valence-corrected chi connectivity index (χ3v) is 4.63. The van der Waals surface area contributed by atoms with E-state index in [1.54, 1.807) is 12.1 Å². The van der Waals surface area contributed by atoms with Gasteiger partial charge in [-0.3, -0.25) is 15.0 Å². The maximum atomic E-state index is 11.2. The van der Waals surface area contributed by atoms with E-state index in [1.807, 2.05) is 17.8 Å². The summed E-state index contributed by atoms with van der Waals surface area (Å²) < 4.78 is 0. The third kappa shape index (κ3) is 4.61. The Labute approximate surface area is 130 Å². The number of hydrogen-bond donors (Lipinski definition) is 1. The van der Waals surface area contributed by atoms with Gasteiger partial charge in [0, 0.05) is 31.5 Å². The third-order valence-electron chi connectivity index (χ3n) is 3.59. The van der Waals surface area contributed by atoms with E-state index < -0.39 is 0 Å². The number of nitro groups is 1. The zero-order valence-electron chi connectivity index (χ0n) is 12.5. The number of thioether (sulfide) groups is 1. The van der Waals surface area contributed by atoms with Crippen molar-refractivity contribution in [3.8, 4) is 0 Å². The largest absolute Gasteiger partial charge is 0.379 e. The predicted octanol–water partition coefficient (Wildman–Crippen LogP) is 3.36. The Morgan fingerprint density at radius 2 is 2.24 bits per heavy atom. The Balaban J connectivity index is 2.19. The first-order chi connectivity index (χ1) is 10.2. The lowest BCUT2D eigenvalue weighted by molar-refractivity contribution is -0.384. The van der Waals surface area contributed by atoms with Crippen LogP contribution >= 0.6 is 11.8 Å². The molecular formula is C15H23N3O2S. The lowest BCUT2D eigenvalue weighted by Gasteiger charge is -2.21. The van der Waals surface area contributed by atoms with Crippen molar-refractivity contribution >= 4 is 23.1 Å². The molecule has 0 spiro atoms. The summed E-state index contributed by atoms with van der Waals surface area (Å²) in [5.74, 6) is 2.36. The summed E-state index contributed by atoms with van der Waals surface area (Å²) in [6.07, 6.45) is 2.14. The van der Waals surface area contributed by atoms with Gasteiger partial charge in [0.1, 0.15) is 5.69 Å². The molecule has 2 rings (SSSR count). The second-order valence-corrected chi connectivity index (χ2v) is 6.46. The van der Waals surface area contributed by atoms with Crippen molar-refractivity contribution in [3.05, 3.63) is 33.9 Å². The Hall–Kier alpha value is -1.27. The van der Waals surface area contributed by atoms with Crippen molar-refractivity contribution in [2.45, 2.75) is 26.3 Å². The standard InChI is InChI=1S/C15H23N3O2S/c1-2-7-16-15-13(5-3-6-14(15)18(19)20)12-17-8-4-10-21-11-9-17/h3,5-6,16H,2,4,7-12H2,1H3. The minimum Gasteiger partial charge on any atom is -0.379 e. The van der Waals surface area contributed by atoms with Crippen molar-refractivity contribution < 1.29 is 4.92 Å². The zero-order valence-corrected chi connectivity index (χ0v) is 13.3. The smallest absolute Gasteiger partial charge is 0.292 e. The van der Waals surface area contributed by atoms with Gasteiger partial charge >= 0.3 is 0 Å². The lowest BCUT2D eigenvalue weighted by Crippen LogP contribution is -2.26. The highest BCUT2D eigenvalue weighted by Crippen LogP contribution is 2.29. The highest BCUT2D eigenvalue weighted by molar-refractivity contribution is 7.99. The molecule has 0 atom stereocenters. The van der Waals surface area contributed by atoms with Gasteiger partial charge in [-0.05, 0) is 30.7 Å². The first-order valence-electron chi connectivity index (χ1n) is 7.52. The fourth-order valence-electron chi connectivity index (χ4n) is 2.52. The molecule has 6 heteroatoms. The van der Waals surface area contributed by atoms with Gasteiger partial charge < -0.3 is 5.32 Å². The summed E-state index contributed by atoms with van der Waals surface area (Å²) in [6, 6.07) is 5.37. The number of anilines is 1. The summed E-state index contributed by atoms with van der Waals surface area (Å²) in [4.78, 5) is 13.3. The van der Waals surface area contributed by atoms with Crippen molar-refractivity contribution in [1.82, 2.24) is 4.90 Å². The first kappa shape index (κ1) is 16.1. The van der Waals surface area contributed by atoms with Crippen LogP contribution in [0.25, 0.3) is 0 Å². The van der Waals surface area contributed by atoms with E-state index in [0.717, 1.165) is 43.9 Å². The summed E-state index contributed by atoms with van der Waals surface area (Å²) in [7, 11) is 0. The number of nitro benzene ring substituents is 1. The van der Waals surface area contributed by atoms with E-state index in [2.05, 4.69) is 17.1 Å². The van der Waals surface area contributed by atoms with E-state index in [4.69, 9.17) is 0 Å². The monoisotopic (exact) mass is 309 g/mol. The number of para-hydroxylation sites is 1. The fourth-order valence-corrected chi connectivity index (χ4v) is 3.45. The summed E-state index contributed by atoms with van der Waals surface area (Å²) >= 11 is 1.99. The molecule has 0 aliphatic carbocycles. The van der Waals surface area contributed by atoms with Gasteiger partial charge in [-0.1, -0.05) is 19.1 Å². The molecule has 1 aromatic rings. The second kappa shape index (κ2) is 8.24. The van der Waals surface area contributed by atoms with Gasteiger partial charge in [0.2, 0.25) is 0 Å².